The van der Waals surface area contributed by atoms with Crippen LogP contribution in [0.2, 0.25) is 0 Å². The number of rotatable bonds is 2. The van der Waals surface area contributed by atoms with Gasteiger partial charge in [-0.1, -0.05) is 0 Å². The van der Waals surface area contributed by atoms with Gasteiger partial charge in [0.05, 0.1) is 5.69 Å². The van der Waals surface area contributed by atoms with Crippen LogP contribution in [0.15, 0.2) is 16.6 Å². The zero-order chi connectivity index (χ0) is 14.0. The fourth-order valence-electron chi connectivity index (χ4n) is 2.48. The van der Waals surface area contributed by atoms with E-state index in [4.69, 9.17) is 5.73 Å². The van der Waals surface area contributed by atoms with Gasteiger partial charge in [0, 0.05) is 36.2 Å². The molecule has 19 heavy (non-hydrogen) atoms. The summed E-state index contributed by atoms with van der Waals surface area (Å²) in [5.74, 6) is 0.0583. The van der Waals surface area contributed by atoms with Gasteiger partial charge in [-0.25, -0.2) is 0 Å². The van der Waals surface area contributed by atoms with Gasteiger partial charge in [0.15, 0.2) is 0 Å². The lowest BCUT2D eigenvalue weighted by Gasteiger charge is -2.34. The number of nitrogens with two attached hydrogens (primary N) is 1. The number of nitrogen functional groups attached to an aromatic ring is 1. The second kappa shape index (κ2) is 5.82. The maximum absolute atomic E-state index is 11.1. The second-order valence-electron chi connectivity index (χ2n) is 5.12. The average Bonchev–Trinajstić information content (AvgIpc) is 2.34. The summed E-state index contributed by atoms with van der Waals surface area (Å²) in [6, 6.07) is 4.39. The number of piperidine rings is 1. The third-order valence-corrected chi connectivity index (χ3v) is 4.21. The number of hydrogen-bond donors (Lipinski definition) is 2. The van der Waals surface area contributed by atoms with Crippen molar-refractivity contribution in [3.8, 4) is 0 Å². The van der Waals surface area contributed by atoms with E-state index < -0.39 is 0 Å². The maximum Gasteiger partial charge on any atom is 0.217 e. The Morgan fingerprint density at radius 3 is 2.63 bits per heavy atom. The summed E-state index contributed by atoms with van der Waals surface area (Å²) in [4.78, 5) is 13.4. The minimum Gasteiger partial charge on any atom is -0.398 e. The van der Waals surface area contributed by atoms with E-state index in [0.717, 1.165) is 41.7 Å². The lowest BCUT2D eigenvalue weighted by Crippen LogP contribution is -2.44. The topological polar surface area (TPSA) is 58.4 Å². The summed E-state index contributed by atoms with van der Waals surface area (Å²) in [5, 5.41) is 2.99. The third kappa shape index (κ3) is 3.41. The molecule has 1 aliphatic heterocycles. The zero-order valence-electron chi connectivity index (χ0n) is 11.4. The first-order valence-electron chi connectivity index (χ1n) is 6.55. The fourth-order valence-corrected chi connectivity index (χ4v) is 3.09. The molecule has 1 aromatic rings. The first-order valence-corrected chi connectivity index (χ1v) is 7.34. The molecule has 2 rings (SSSR count). The van der Waals surface area contributed by atoms with Gasteiger partial charge in [0.25, 0.3) is 0 Å². The van der Waals surface area contributed by atoms with Crippen molar-refractivity contribution >= 4 is 33.2 Å². The van der Waals surface area contributed by atoms with Crippen LogP contribution >= 0.6 is 15.9 Å². The second-order valence-corrected chi connectivity index (χ2v) is 5.98. The standard InChI is InChI=1S/C14H20BrN3O/c1-9-7-14(12(15)8-13(9)16)18-5-3-11(4-6-18)17-10(2)19/h7-8,11H,3-6,16H2,1-2H3,(H,17,19). The van der Waals surface area contributed by atoms with Gasteiger partial charge in [-0.15, -0.1) is 0 Å². The molecule has 104 valence electrons. The molecule has 0 bridgehead atoms. The molecule has 3 N–H and O–H groups in total. The summed E-state index contributed by atoms with van der Waals surface area (Å²) in [5.41, 5.74) is 9.00. The highest BCUT2D eigenvalue weighted by Gasteiger charge is 2.21. The van der Waals surface area contributed by atoms with Crippen LogP contribution in [0, 0.1) is 6.92 Å². The number of anilines is 2. The molecule has 0 atom stereocenters. The zero-order valence-corrected chi connectivity index (χ0v) is 13.0. The smallest absolute Gasteiger partial charge is 0.217 e. The molecule has 1 aliphatic rings. The van der Waals surface area contributed by atoms with Crippen molar-refractivity contribution in [3.63, 3.8) is 0 Å². The van der Waals surface area contributed by atoms with E-state index in [0.29, 0.717) is 6.04 Å². The van der Waals surface area contributed by atoms with E-state index in [1.165, 1.54) is 5.69 Å². The van der Waals surface area contributed by atoms with Crippen LogP contribution in [0.4, 0.5) is 11.4 Å². The number of nitrogens with zero attached hydrogens (tertiary/aromatic N) is 1. The van der Waals surface area contributed by atoms with Gasteiger partial charge in [-0.05, 0) is 53.4 Å². The van der Waals surface area contributed by atoms with Gasteiger partial charge < -0.3 is 16.0 Å². The van der Waals surface area contributed by atoms with E-state index in [-0.39, 0.29) is 5.91 Å². The van der Waals surface area contributed by atoms with Gasteiger partial charge >= 0.3 is 0 Å². The molecule has 1 fully saturated rings. The molecule has 0 unspecified atom stereocenters. The third-order valence-electron chi connectivity index (χ3n) is 3.58. The molecular weight excluding hydrogens is 306 g/mol. The van der Waals surface area contributed by atoms with E-state index >= 15 is 0 Å². The van der Waals surface area contributed by atoms with Crippen molar-refractivity contribution in [2.45, 2.75) is 32.7 Å². The van der Waals surface area contributed by atoms with Gasteiger partial charge in [-0.2, -0.15) is 0 Å². The number of aryl methyl sites for hydroxylation is 1. The number of nitrogens with one attached hydrogen (secondary N) is 1. The van der Waals surface area contributed by atoms with Crippen LogP contribution in [0.25, 0.3) is 0 Å². The molecule has 0 aliphatic carbocycles. The Morgan fingerprint density at radius 1 is 1.42 bits per heavy atom. The van der Waals surface area contributed by atoms with Crippen molar-refractivity contribution in [2.24, 2.45) is 0 Å². The van der Waals surface area contributed by atoms with Crippen molar-refractivity contribution in [2.75, 3.05) is 23.7 Å². The normalized spacial score (nSPS) is 16.5. The van der Waals surface area contributed by atoms with E-state index in [2.05, 4.69) is 32.2 Å². The van der Waals surface area contributed by atoms with E-state index in [9.17, 15) is 4.79 Å². The first-order chi connectivity index (χ1) is 8.97. The molecule has 1 amide bonds. The predicted molar refractivity (Wildman–Crippen MR) is 82.3 cm³/mol. The van der Waals surface area contributed by atoms with Crippen molar-refractivity contribution in [3.05, 3.63) is 22.2 Å². The highest BCUT2D eigenvalue weighted by atomic mass is 79.9. The van der Waals surface area contributed by atoms with Gasteiger partial charge in [0.1, 0.15) is 0 Å². The SMILES string of the molecule is CC(=O)NC1CCN(c2cc(C)c(N)cc2Br)CC1. The van der Waals surface area contributed by atoms with E-state index in [1.54, 1.807) is 6.92 Å². The minimum atomic E-state index is 0.0583. The van der Waals surface area contributed by atoms with Crippen LogP contribution < -0.4 is 16.0 Å². The average molecular weight is 326 g/mol. The Morgan fingerprint density at radius 2 is 2.05 bits per heavy atom. The number of carbonyl (C=O) groups is 1. The molecule has 1 aromatic carbocycles. The molecule has 4 nitrogen and oxygen atoms in total. The molecular formula is C14H20BrN3O. The summed E-state index contributed by atoms with van der Waals surface area (Å²) < 4.78 is 1.04. The molecule has 0 aromatic heterocycles. The van der Waals surface area contributed by atoms with Crippen LogP contribution in [0.5, 0.6) is 0 Å². The van der Waals surface area contributed by atoms with Crippen molar-refractivity contribution in [1.29, 1.82) is 0 Å². The summed E-state index contributed by atoms with van der Waals surface area (Å²) >= 11 is 3.58. The van der Waals surface area contributed by atoms with Gasteiger partial charge in [0.2, 0.25) is 5.91 Å². The lowest BCUT2D eigenvalue weighted by molar-refractivity contribution is -0.119. The Kier molecular flexibility index (Phi) is 4.34. The molecule has 1 heterocycles. The number of carbonyl (C=O) groups excluding carboxylic acids is 1. The Bertz CT molecular complexity index is 482. The molecule has 1 saturated heterocycles. The van der Waals surface area contributed by atoms with Crippen LogP contribution in [-0.4, -0.2) is 25.0 Å². The molecule has 0 spiro atoms. The maximum atomic E-state index is 11.1. The summed E-state index contributed by atoms with van der Waals surface area (Å²) in [7, 11) is 0. The molecule has 5 heteroatoms. The van der Waals surface area contributed by atoms with Crippen molar-refractivity contribution < 1.29 is 4.79 Å². The summed E-state index contributed by atoms with van der Waals surface area (Å²) in [6.45, 7) is 5.50. The monoisotopic (exact) mass is 325 g/mol. The highest BCUT2D eigenvalue weighted by Crippen LogP contribution is 2.32. The fraction of sp³-hybridized carbons (Fsp3) is 0.500. The first kappa shape index (κ1) is 14.2. The Balaban J connectivity index is 2.05. The lowest BCUT2D eigenvalue weighted by atomic mass is 10.0. The van der Waals surface area contributed by atoms with Crippen LogP contribution in [0.3, 0.4) is 0 Å². The Labute approximate surface area is 122 Å². The number of amides is 1. The van der Waals surface area contributed by atoms with Crippen LogP contribution in [-0.2, 0) is 4.79 Å². The molecule has 0 radical (unpaired) electrons. The predicted octanol–water partition coefficient (Wildman–Crippen LogP) is 2.44. The Hall–Kier alpha value is -1.23. The number of hydrogen-bond acceptors (Lipinski definition) is 3. The number of halogens is 1. The quantitative estimate of drug-likeness (QED) is 0.821. The van der Waals surface area contributed by atoms with Crippen LogP contribution in [0.1, 0.15) is 25.3 Å². The summed E-state index contributed by atoms with van der Waals surface area (Å²) in [6.07, 6.45) is 1.96. The minimum absolute atomic E-state index is 0.0583. The van der Waals surface area contributed by atoms with E-state index in [1.807, 2.05) is 13.0 Å². The largest absolute Gasteiger partial charge is 0.398 e. The number of benzene rings is 1. The van der Waals surface area contributed by atoms with Gasteiger partial charge in [-0.3, -0.25) is 4.79 Å². The highest BCUT2D eigenvalue weighted by molar-refractivity contribution is 9.10. The molecule has 0 saturated carbocycles. The van der Waals surface area contributed by atoms with Crippen molar-refractivity contribution in [1.82, 2.24) is 5.32 Å².